The number of rotatable bonds is 5. The summed E-state index contributed by atoms with van der Waals surface area (Å²) in [5.74, 6) is 0.505. The van der Waals surface area contributed by atoms with E-state index >= 15 is 0 Å². The van der Waals surface area contributed by atoms with E-state index in [1.807, 2.05) is 67.6 Å². The van der Waals surface area contributed by atoms with E-state index in [0.717, 1.165) is 28.7 Å². The third-order valence-electron chi connectivity index (χ3n) is 3.51. The molecule has 116 valence electrons. The molecule has 0 bridgehead atoms. The number of para-hydroxylation sites is 2. The van der Waals surface area contributed by atoms with E-state index in [4.69, 9.17) is 4.74 Å². The van der Waals surface area contributed by atoms with Gasteiger partial charge < -0.3 is 10.1 Å². The van der Waals surface area contributed by atoms with Crippen LogP contribution >= 0.6 is 0 Å². The van der Waals surface area contributed by atoms with Gasteiger partial charge in [-0.1, -0.05) is 37.3 Å². The summed E-state index contributed by atoms with van der Waals surface area (Å²) >= 11 is 0. The van der Waals surface area contributed by atoms with Crippen molar-refractivity contribution in [3.63, 3.8) is 0 Å². The van der Waals surface area contributed by atoms with Gasteiger partial charge in [0, 0.05) is 22.8 Å². The Labute approximate surface area is 135 Å². The molecule has 1 amide bonds. The molecule has 1 N–H and O–H groups in total. The number of nitrogens with one attached hydrogen (secondary N) is 1. The lowest BCUT2D eigenvalue weighted by Crippen LogP contribution is -2.20. The van der Waals surface area contributed by atoms with Gasteiger partial charge in [0.05, 0.1) is 5.52 Å². The van der Waals surface area contributed by atoms with Crippen LogP contribution < -0.4 is 10.1 Å². The number of ether oxygens (including phenoxy) is 1. The molecule has 0 unspecified atom stereocenters. The molecule has 0 aliphatic heterocycles. The van der Waals surface area contributed by atoms with Gasteiger partial charge in [-0.2, -0.15) is 0 Å². The van der Waals surface area contributed by atoms with E-state index in [1.165, 1.54) is 0 Å². The Hall–Kier alpha value is -2.88. The first-order valence-electron chi connectivity index (χ1n) is 7.62. The molecule has 23 heavy (non-hydrogen) atoms. The van der Waals surface area contributed by atoms with Crippen molar-refractivity contribution in [1.82, 2.24) is 4.98 Å². The third kappa shape index (κ3) is 3.66. The number of carbonyl (C=O) groups is 1. The highest BCUT2D eigenvalue weighted by Gasteiger charge is 2.08. The number of pyridine rings is 1. The summed E-state index contributed by atoms with van der Waals surface area (Å²) in [5.41, 5.74) is 2.59. The third-order valence-corrected chi connectivity index (χ3v) is 3.51. The largest absolute Gasteiger partial charge is 0.483 e. The minimum Gasteiger partial charge on any atom is -0.483 e. The average Bonchev–Trinajstić information content (AvgIpc) is 2.60. The molecule has 4 heteroatoms. The molecule has 1 heterocycles. The minimum atomic E-state index is -0.185. The van der Waals surface area contributed by atoms with Gasteiger partial charge in [-0.3, -0.25) is 9.78 Å². The summed E-state index contributed by atoms with van der Waals surface area (Å²) in [7, 11) is 0. The Kier molecular flexibility index (Phi) is 4.52. The van der Waals surface area contributed by atoms with Gasteiger partial charge in [-0.25, -0.2) is 0 Å². The van der Waals surface area contributed by atoms with Gasteiger partial charge in [0.15, 0.2) is 6.61 Å². The van der Waals surface area contributed by atoms with Crippen LogP contribution in [0.3, 0.4) is 0 Å². The lowest BCUT2D eigenvalue weighted by molar-refractivity contribution is -0.118. The molecule has 0 spiro atoms. The predicted octanol–water partition coefficient (Wildman–Crippen LogP) is 3.81. The Morgan fingerprint density at radius 2 is 1.83 bits per heavy atom. The number of anilines is 1. The maximum Gasteiger partial charge on any atom is 0.262 e. The van der Waals surface area contributed by atoms with E-state index in [0.29, 0.717) is 5.75 Å². The number of aromatic nitrogens is 1. The summed E-state index contributed by atoms with van der Waals surface area (Å²) in [5, 5.41) is 3.72. The highest BCUT2D eigenvalue weighted by Crippen LogP contribution is 2.25. The van der Waals surface area contributed by atoms with Crippen LogP contribution in [0.2, 0.25) is 0 Å². The van der Waals surface area contributed by atoms with E-state index < -0.39 is 0 Å². The fraction of sp³-hybridized carbons (Fsp3) is 0.158. The van der Waals surface area contributed by atoms with Crippen molar-refractivity contribution in [1.29, 1.82) is 0 Å². The number of aryl methyl sites for hydroxylation is 1. The molecular weight excluding hydrogens is 288 g/mol. The Morgan fingerprint density at radius 1 is 1.09 bits per heavy atom. The highest BCUT2D eigenvalue weighted by atomic mass is 16.5. The van der Waals surface area contributed by atoms with Crippen LogP contribution in [0.5, 0.6) is 5.75 Å². The fourth-order valence-electron chi connectivity index (χ4n) is 2.36. The molecule has 0 fully saturated rings. The Morgan fingerprint density at radius 3 is 2.61 bits per heavy atom. The SMILES string of the molecule is CCc1cc(OCC(=O)Nc2ccccc2)c2ccccc2n1. The minimum absolute atomic E-state index is 0.0357. The zero-order valence-corrected chi connectivity index (χ0v) is 13.0. The first kappa shape index (κ1) is 15.0. The number of amides is 1. The molecule has 0 saturated carbocycles. The normalized spacial score (nSPS) is 10.5. The zero-order chi connectivity index (χ0) is 16.1. The van der Waals surface area contributed by atoms with E-state index in [2.05, 4.69) is 10.3 Å². The Balaban J connectivity index is 1.75. The topological polar surface area (TPSA) is 51.2 Å². The van der Waals surface area contributed by atoms with Gasteiger partial charge in [0.25, 0.3) is 5.91 Å². The van der Waals surface area contributed by atoms with Crippen LogP contribution in [0.15, 0.2) is 60.7 Å². The van der Waals surface area contributed by atoms with Crippen LogP contribution in [0.4, 0.5) is 5.69 Å². The number of carbonyl (C=O) groups excluding carboxylic acids is 1. The van der Waals surface area contributed by atoms with Crippen molar-refractivity contribution < 1.29 is 9.53 Å². The van der Waals surface area contributed by atoms with Gasteiger partial charge in [-0.15, -0.1) is 0 Å². The number of hydrogen-bond donors (Lipinski definition) is 1. The first-order chi connectivity index (χ1) is 11.3. The van der Waals surface area contributed by atoms with Gasteiger partial charge in [0.2, 0.25) is 0 Å². The van der Waals surface area contributed by atoms with Gasteiger partial charge >= 0.3 is 0 Å². The molecule has 0 radical (unpaired) electrons. The number of fused-ring (bicyclic) bond motifs is 1. The van der Waals surface area contributed by atoms with Crippen LogP contribution in [-0.2, 0) is 11.2 Å². The van der Waals surface area contributed by atoms with Crippen molar-refractivity contribution in [3.05, 3.63) is 66.4 Å². The van der Waals surface area contributed by atoms with Crippen LogP contribution in [0.25, 0.3) is 10.9 Å². The molecule has 0 aliphatic carbocycles. The quantitative estimate of drug-likeness (QED) is 0.779. The van der Waals surface area contributed by atoms with Crippen molar-refractivity contribution in [2.45, 2.75) is 13.3 Å². The average molecular weight is 306 g/mol. The fourth-order valence-corrected chi connectivity index (χ4v) is 2.36. The molecule has 3 aromatic rings. The van der Waals surface area contributed by atoms with Crippen LogP contribution in [-0.4, -0.2) is 17.5 Å². The molecular formula is C19H18N2O2. The van der Waals surface area contributed by atoms with Crippen molar-refractivity contribution in [2.75, 3.05) is 11.9 Å². The maximum atomic E-state index is 12.0. The van der Waals surface area contributed by atoms with Crippen LogP contribution in [0.1, 0.15) is 12.6 Å². The van der Waals surface area contributed by atoms with Gasteiger partial charge in [-0.05, 0) is 30.7 Å². The second-order valence-electron chi connectivity index (χ2n) is 5.19. The number of hydrogen-bond acceptors (Lipinski definition) is 3. The van der Waals surface area contributed by atoms with E-state index in [1.54, 1.807) is 0 Å². The second kappa shape index (κ2) is 6.92. The molecule has 3 rings (SSSR count). The van der Waals surface area contributed by atoms with Crippen molar-refractivity contribution in [2.24, 2.45) is 0 Å². The number of benzene rings is 2. The molecule has 0 atom stereocenters. The zero-order valence-electron chi connectivity index (χ0n) is 13.0. The molecule has 0 saturated heterocycles. The molecule has 4 nitrogen and oxygen atoms in total. The van der Waals surface area contributed by atoms with E-state index in [9.17, 15) is 4.79 Å². The second-order valence-corrected chi connectivity index (χ2v) is 5.19. The lowest BCUT2D eigenvalue weighted by Gasteiger charge is -2.11. The van der Waals surface area contributed by atoms with Crippen molar-refractivity contribution >= 4 is 22.5 Å². The van der Waals surface area contributed by atoms with Crippen molar-refractivity contribution in [3.8, 4) is 5.75 Å². The standard InChI is InChI=1S/C19H18N2O2/c1-2-14-12-18(16-10-6-7-11-17(16)20-14)23-13-19(22)21-15-8-4-3-5-9-15/h3-12H,2,13H2,1H3,(H,21,22). The summed E-state index contributed by atoms with van der Waals surface area (Å²) in [6, 6.07) is 19.0. The monoisotopic (exact) mass is 306 g/mol. The predicted molar refractivity (Wildman–Crippen MR) is 91.7 cm³/mol. The lowest BCUT2D eigenvalue weighted by atomic mass is 10.1. The smallest absolute Gasteiger partial charge is 0.262 e. The summed E-state index contributed by atoms with van der Waals surface area (Å²) in [6.45, 7) is 2.01. The van der Waals surface area contributed by atoms with Gasteiger partial charge in [0.1, 0.15) is 5.75 Å². The highest BCUT2D eigenvalue weighted by molar-refractivity contribution is 5.92. The molecule has 1 aromatic heterocycles. The molecule has 0 aliphatic rings. The first-order valence-corrected chi connectivity index (χ1v) is 7.62. The molecule has 2 aromatic carbocycles. The maximum absolute atomic E-state index is 12.0. The summed E-state index contributed by atoms with van der Waals surface area (Å²) in [4.78, 5) is 16.6. The van der Waals surface area contributed by atoms with Crippen LogP contribution in [0, 0.1) is 0 Å². The number of nitrogens with zero attached hydrogens (tertiary/aromatic N) is 1. The Bertz CT molecular complexity index is 816. The summed E-state index contributed by atoms with van der Waals surface area (Å²) < 4.78 is 5.74. The van der Waals surface area contributed by atoms with E-state index in [-0.39, 0.29) is 12.5 Å². The summed E-state index contributed by atoms with van der Waals surface area (Å²) in [6.07, 6.45) is 0.817.